The number of carbonyl (C=O) groups is 1. The van der Waals surface area contributed by atoms with Crippen molar-refractivity contribution in [3.05, 3.63) is 71.0 Å². The van der Waals surface area contributed by atoms with Gasteiger partial charge in [0, 0.05) is 51.2 Å². The summed E-state index contributed by atoms with van der Waals surface area (Å²) in [5, 5.41) is 15.2. The Morgan fingerprint density at radius 2 is 1.73 bits per heavy atom. The molecule has 16 heteroatoms. The van der Waals surface area contributed by atoms with E-state index in [4.69, 9.17) is 5.73 Å². The molecular weight excluding hydrogens is 619 g/mol. The number of benzene rings is 2. The Labute approximate surface area is 264 Å². The van der Waals surface area contributed by atoms with E-state index in [0.29, 0.717) is 50.1 Å². The zero-order valence-electron chi connectivity index (χ0n) is 25.4. The Morgan fingerprint density at radius 3 is 2.36 bits per heavy atom. The third kappa shape index (κ3) is 8.32. The SMILES string of the molecule is Cc1cc(C#N)nc(N2CCN(S(=O)(=O)c3ccc(NC(=O)c4cc(CNCCCN)ccc4N(C)S(C)(=O)=O)cc3)CC2)n1. The minimum absolute atomic E-state index is 0.0653. The molecule has 1 aliphatic rings. The molecule has 4 N–H and O–H groups in total. The second-order valence-electron chi connectivity index (χ2n) is 10.6. The van der Waals surface area contributed by atoms with Gasteiger partial charge in [0.1, 0.15) is 11.8 Å². The molecule has 1 saturated heterocycles. The monoisotopic (exact) mass is 655 g/mol. The van der Waals surface area contributed by atoms with Crippen LogP contribution in [-0.2, 0) is 26.6 Å². The maximum atomic E-state index is 13.4. The van der Waals surface area contributed by atoms with Crippen LogP contribution in [0, 0.1) is 18.3 Å². The summed E-state index contributed by atoms with van der Waals surface area (Å²) in [6, 6.07) is 14.4. The second kappa shape index (κ2) is 14.3. The molecule has 1 amide bonds. The van der Waals surface area contributed by atoms with E-state index < -0.39 is 26.0 Å². The van der Waals surface area contributed by atoms with Gasteiger partial charge < -0.3 is 21.3 Å². The lowest BCUT2D eigenvalue weighted by Gasteiger charge is -2.34. The van der Waals surface area contributed by atoms with Gasteiger partial charge in [-0.2, -0.15) is 9.57 Å². The van der Waals surface area contributed by atoms with Crippen LogP contribution in [0.4, 0.5) is 17.3 Å². The molecule has 0 spiro atoms. The maximum absolute atomic E-state index is 13.4. The van der Waals surface area contributed by atoms with Crippen LogP contribution >= 0.6 is 0 Å². The van der Waals surface area contributed by atoms with E-state index >= 15 is 0 Å². The van der Waals surface area contributed by atoms with E-state index in [1.165, 1.54) is 35.6 Å². The molecule has 1 aliphatic heterocycles. The van der Waals surface area contributed by atoms with Crippen molar-refractivity contribution in [2.45, 2.75) is 24.8 Å². The molecule has 2 heterocycles. The van der Waals surface area contributed by atoms with Crippen molar-refractivity contribution >= 4 is 43.3 Å². The highest BCUT2D eigenvalue weighted by Gasteiger charge is 2.30. The molecule has 0 atom stereocenters. The minimum atomic E-state index is -3.83. The number of sulfonamides is 2. The Balaban J connectivity index is 1.46. The summed E-state index contributed by atoms with van der Waals surface area (Å²) in [7, 11) is -6.10. The molecule has 1 aromatic heterocycles. The van der Waals surface area contributed by atoms with E-state index in [9.17, 15) is 26.9 Å². The molecule has 2 aromatic carbocycles. The summed E-state index contributed by atoms with van der Waals surface area (Å²) < 4.78 is 53.7. The number of nitriles is 1. The quantitative estimate of drug-likeness (QED) is 0.238. The highest BCUT2D eigenvalue weighted by atomic mass is 32.2. The molecule has 45 heavy (non-hydrogen) atoms. The first-order valence-electron chi connectivity index (χ1n) is 14.2. The Hall–Kier alpha value is -4.14. The van der Waals surface area contributed by atoms with E-state index in [2.05, 4.69) is 20.6 Å². The minimum Gasteiger partial charge on any atom is -0.338 e. The Bertz CT molecular complexity index is 1790. The van der Waals surface area contributed by atoms with Gasteiger partial charge >= 0.3 is 0 Å². The molecular formula is C29H37N9O5S2. The van der Waals surface area contributed by atoms with Gasteiger partial charge in [0.2, 0.25) is 26.0 Å². The predicted molar refractivity (Wildman–Crippen MR) is 172 cm³/mol. The van der Waals surface area contributed by atoms with Crippen LogP contribution < -0.4 is 25.6 Å². The number of aromatic nitrogens is 2. The largest absolute Gasteiger partial charge is 0.338 e. The fourth-order valence-electron chi connectivity index (χ4n) is 4.73. The van der Waals surface area contributed by atoms with Gasteiger partial charge in [0.05, 0.1) is 22.4 Å². The molecule has 240 valence electrons. The number of amides is 1. The average molecular weight is 656 g/mol. The van der Waals surface area contributed by atoms with Crippen molar-refractivity contribution < 1.29 is 21.6 Å². The highest BCUT2D eigenvalue weighted by molar-refractivity contribution is 7.92. The third-order valence-corrected chi connectivity index (χ3v) is 10.4. The van der Waals surface area contributed by atoms with E-state index in [-0.39, 0.29) is 34.9 Å². The first kappa shape index (κ1) is 33.7. The summed E-state index contributed by atoms with van der Waals surface area (Å²) in [6.07, 6.45) is 1.84. The fourth-order valence-corrected chi connectivity index (χ4v) is 6.66. The number of rotatable bonds is 12. The number of anilines is 3. The topological polar surface area (TPSA) is 195 Å². The summed E-state index contributed by atoms with van der Waals surface area (Å²) in [5.41, 5.74) is 7.92. The standard InChI is InChI=1S/C29H37N9O5S2/c1-21-17-24(19-31)35-29(33-21)37-13-15-38(16-14-37)45(42,43)25-8-6-23(7-9-25)34-28(39)26-18-22(20-32-12-4-11-30)5-10-27(26)36(2)44(3,40)41/h5-10,17-18,32H,4,11-16,20,30H2,1-3H3,(H,34,39). The first-order valence-corrected chi connectivity index (χ1v) is 17.5. The Morgan fingerprint density at radius 1 is 1.04 bits per heavy atom. The van der Waals surface area contributed by atoms with Gasteiger partial charge in [-0.3, -0.25) is 9.10 Å². The number of carbonyl (C=O) groups excluding carboxylic acids is 1. The second-order valence-corrected chi connectivity index (χ2v) is 14.5. The molecule has 1 fully saturated rings. The normalized spacial score (nSPS) is 14.2. The lowest BCUT2D eigenvalue weighted by Crippen LogP contribution is -2.49. The number of nitrogens with zero attached hydrogens (tertiary/aromatic N) is 6. The van der Waals surface area contributed by atoms with Crippen molar-refractivity contribution in [2.24, 2.45) is 5.73 Å². The summed E-state index contributed by atoms with van der Waals surface area (Å²) in [4.78, 5) is 23.9. The lowest BCUT2D eigenvalue weighted by molar-refractivity contribution is 0.102. The van der Waals surface area contributed by atoms with Crippen LogP contribution in [0.15, 0.2) is 53.4 Å². The third-order valence-electron chi connectivity index (χ3n) is 7.26. The zero-order valence-corrected chi connectivity index (χ0v) is 27.0. The van der Waals surface area contributed by atoms with E-state index in [1.54, 1.807) is 31.2 Å². The molecule has 4 rings (SSSR count). The van der Waals surface area contributed by atoms with Crippen molar-refractivity contribution in [1.82, 2.24) is 19.6 Å². The van der Waals surface area contributed by atoms with Crippen LogP contribution in [-0.4, -0.2) is 89.6 Å². The van der Waals surface area contributed by atoms with Crippen LogP contribution in [0.25, 0.3) is 0 Å². The van der Waals surface area contributed by atoms with E-state index in [0.717, 1.165) is 22.5 Å². The van der Waals surface area contributed by atoms with Crippen LogP contribution in [0.3, 0.4) is 0 Å². The fraction of sp³-hybridized carbons (Fsp3) is 0.379. The molecule has 3 aromatic rings. The number of hydrogen-bond donors (Lipinski definition) is 3. The number of piperazine rings is 1. The Kier molecular flexibility index (Phi) is 10.7. The molecule has 0 radical (unpaired) electrons. The zero-order chi connectivity index (χ0) is 32.8. The number of hydrogen-bond acceptors (Lipinski definition) is 11. The lowest BCUT2D eigenvalue weighted by atomic mass is 10.1. The van der Waals surface area contributed by atoms with Crippen LogP contribution in [0.1, 0.15) is 33.7 Å². The highest BCUT2D eigenvalue weighted by Crippen LogP contribution is 2.26. The summed E-state index contributed by atoms with van der Waals surface area (Å²) in [5.74, 6) is -0.156. The molecule has 0 bridgehead atoms. The van der Waals surface area contributed by atoms with Gasteiger partial charge in [0.15, 0.2) is 0 Å². The van der Waals surface area contributed by atoms with Gasteiger partial charge in [-0.05, 0) is 74.5 Å². The first-order chi connectivity index (χ1) is 21.3. The maximum Gasteiger partial charge on any atom is 0.257 e. The number of nitrogens with one attached hydrogen (secondary N) is 2. The van der Waals surface area contributed by atoms with Crippen LogP contribution in [0.2, 0.25) is 0 Å². The van der Waals surface area contributed by atoms with Gasteiger partial charge in [0.25, 0.3) is 5.91 Å². The van der Waals surface area contributed by atoms with Crippen LogP contribution in [0.5, 0.6) is 0 Å². The van der Waals surface area contributed by atoms with E-state index in [1.807, 2.05) is 11.0 Å². The summed E-state index contributed by atoms with van der Waals surface area (Å²) >= 11 is 0. The molecule has 0 saturated carbocycles. The molecule has 14 nitrogen and oxygen atoms in total. The average Bonchev–Trinajstić information content (AvgIpc) is 3.02. The van der Waals surface area contributed by atoms with Gasteiger partial charge in [-0.25, -0.2) is 26.8 Å². The van der Waals surface area contributed by atoms with Gasteiger partial charge in [-0.1, -0.05) is 6.07 Å². The van der Waals surface area contributed by atoms with Crippen molar-refractivity contribution in [1.29, 1.82) is 5.26 Å². The number of nitrogens with two attached hydrogens (primary N) is 1. The smallest absolute Gasteiger partial charge is 0.257 e. The summed E-state index contributed by atoms with van der Waals surface area (Å²) in [6.45, 7) is 4.58. The molecule has 0 aliphatic carbocycles. The van der Waals surface area contributed by atoms with Crippen molar-refractivity contribution in [2.75, 3.05) is 67.1 Å². The number of aryl methyl sites for hydroxylation is 1. The van der Waals surface area contributed by atoms with Crippen molar-refractivity contribution in [3.8, 4) is 6.07 Å². The predicted octanol–water partition coefficient (Wildman–Crippen LogP) is 1.25. The van der Waals surface area contributed by atoms with Gasteiger partial charge in [-0.15, -0.1) is 0 Å². The van der Waals surface area contributed by atoms with Crippen molar-refractivity contribution in [3.63, 3.8) is 0 Å². The molecule has 0 unspecified atom stereocenters.